The molecule has 1 atom stereocenters. The van der Waals surface area contributed by atoms with Crippen LogP contribution in [0, 0.1) is 16.3 Å². The van der Waals surface area contributed by atoms with Crippen LogP contribution in [0.4, 0.5) is 4.39 Å². The summed E-state index contributed by atoms with van der Waals surface area (Å²) < 4.78 is 19.5. The topological polar surface area (TPSA) is 46.6 Å². The average Bonchev–Trinajstić information content (AvgIpc) is 2.89. The van der Waals surface area contributed by atoms with E-state index in [1.807, 2.05) is 18.2 Å². The van der Waals surface area contributed by atoms with Gasteiger partial charge in [-0.05, 0) is 64.4 Å². The van der Waals surface area contributed by atoms with E-state index in [9.17, 15) is 14.0 Å². The van der Waals surface area contributed by atoms with Gasteiger partial charge in [-0.15, -0.1) is 0 Å². The van der Waals surface area contributed by atoms with Gasteiger partial charge in [-0.2, -0.15) is 0 Å². The lowest BCUT2D eigenvalue weighted by Gasteiger charge is -2.27. The Balaban J connectivity index is 2.09. The zero-order valence-corrected chi connectivity index (χ0v) is 15.3. The fraction of sp³-hybridized carbons (Fsp3) is 0.222. The van der Waals surface area contributed by atoms with Crippen molar-refractivity contribution in [2.75, 3.05) is 7.11 Å². The van der Waals surface area contributed by atoms with Crippen molar-refractivity contribution in [2.24, 2.45) is 0 Å². The summed E-state index contributed by atoms with van der Waals surface area (Å²) in [6.45, 7) is 2.07. The Morgan fingerprint density at radius 3 is 2.75 bits per heavy atom. The summed E-state index contributed by atoms with van der Waals surface area (Å²) in [6, 6.07) is 8.83. The lowest BCUT2D eigenvalue weighted by Crippen LogP contribution is -2.35. The first kappa shape index (κ1) is 16.9. The quantitative estimate of drug-likeness (QED) is 0.543. The molecule has 0 radical (unpaired) electrons. The average molecular weight is 439 g/mol. The molecule has 0 aromatic heterocycles. The first-order valence-electron chi connectivity index (χ1n) is 7.36. The Morgan fingerprint density at radius 1 is 1.33 bits per heavy atom. The highest BCUT2D eigenvalue weighted by atomic mass is 127. The fourth-order valence-electron chi connectivity index (χ4n) is 2.99. The van der Waals surface area contributed by atoms with Gasteiger partial charge in [0.1, 0.15) is 5.82 Å². The van der Waals surface area contributed by atoms with Crippen molar-refractivity contribution in [3.8, 4) is 0 Å². The number of carbonyl (C=O) groups excluding carboxylic acids is 2. The van der Waals surface area contributed by atoms with E-state index in [4.69, 9.17) is 4.74 Å². The number of fused-ring (bicyclic) bond motifs is 1. The van der Waals surface area contributed by atoms with Crippen molar-refractivity contribution in [3.05, 3.63) is 68.0 Å². The lowest BCUT2D eigenvalue weighted by molar-refractivity contribution is -0.146. The number of benzene rings is 2. The minimum absolute atomic E-state index is 0.242. The number of hydrogen-bond donors (Lipinski definition) is 0. The third-order valence-electron chi connectivity index (χ3n) is 4.19. The van der Waals surface area contributed by atoms with Crippen molar-refractivity contribution in [2.45, 2.75) is 19.5 Å². The molecule has 0 saturated heterocycles. The molecule has 3 rings (SSSR count). The van der Waals surface area contributed by atoms with Gasteiger partial charge in [0.05, 0.1) is 12.7 Å². The standard InChI is InChI=1S/C18H15FINO3/c1-10-6-7-12(19)8-13(10)16(18(23)24-2)21-9-11-4-3-5-14(20)15(11)17(21)22/h3-8,16H,9H2,1-2H3. The third kappa shape index (κ3) is 2.79. The van der Waals surface area contributed by atoms with Crippen LogP contribution in [0.1, 0.15) is 33.1 Å². The van der Waals surface area contributed by atoms with Crippen LogP contribution in [0.25, 0.3) is 0 Å². The first-order valence-corrected chi connectivity index (χ1v) is 8.44. The largest absolute Gasteiger partial charge is 0.467 e. The van der Waals surface area contributed by atoms with Gasteiger partial charge < -0.3 is 9.64 Å². The molecule has 0 fully saturated rings. The molecule has 0 bridgehead atoms. The fourth-order valence-corrected chi connectivity index (χ4v) is 3.77. The molecule has 1 unspecified atom stereocenters. The monoisotopic (exact) mass is 439 g/mol. The summed E-state index contributed by atoms with van der Waals surface area (Å²) in [6.07, 6.45) is 0. The Kier molecular flexibility index (Phi) is 4.58. The van der Waals surface area contributed by atoms with E-state index in [0.717, 1.165) is 14.7 Å². The van der Waals surface area contributed by atoms with Crippen LogP contribution in [-0.4, -0.2) is 23.9 Å². The van der Waals surface area contributed by atoms with Crippen molar-refractivity contribution < 1.29 is 18.7 Å². The number of esters is 1. The van der Waals surface area contributed by atoms with E-state index in [-0.39, 0.29) is 5.91 Å². The summed E-state index contributed by atoms with van der Waals surface area (Å²) in [7, 11) is 1.27. The van der Waals surface area contributed by atoms with E-state index < -0.39 is 17.8 Å². The van der Waals surface area contributed by atoms with Crippen LogP contribution in [-0.2, 0) is 16.1 Å². The van der Waals surface area contributed by atoms with Crippen LogP contribution in [0.15, 0.2) is 36.4 Å². The van der Waals surface area contributed by atoms with E-state index in [1.54, 1.807) is 13.0 Å². The number of halogens is 2. The van der Waals surface area contributed by atoms with Gasteiger partial charge in [-0.3, -0.25) is 4.79 Å². The van der Waals surface area contributed by atoms with Gasteiger partial charge in [0.2, 0.25) is 0 Å². The van der Waals surface area contributed by atoms with E-state index in [1.165, 1.54) is 24.1 Å². The molecule has 6 heteroatoms. The maximum Gasteiger partial charge on any atom is 0.333 e. The van der Waals surface area contributed by atoms with Crippen LogP contribution in [0.2, 0.25) is 0 Å². The number of nitrogens with zero attached hydrogens (tertiary/aromatic N) is 1. The summed E-state index contributed by atoms with van der Waals surface area (Å²) in [5, 5.41) is 0. The molecule has 24 heavy (non-hydrogen) atoms. The molecule has 0 aliphatic carbocycles. The normalized spacial score (nSPS) is 14.5. The molecule has 2 aromatic rings. The van der Waals surface area contributed by atoms with Crippen molar-refractivity contribution in [1.29, 1.82) is 0 Å². The van der Waals surface area contributed by atoms with Crippen LogP contribution < -0.4 is 0 Å². The molecule has 1 heterocycles. The highest BCUT2D eigenvalue weighted by molar-refractivity contribution is 14.1. The van der Waals surface area contributed by atoms with Crippen molar-refractivity contribution in [3.63, 3.8) is 0 Å². The second-order valence-electron chi connectivity index (χ2n) is 5.63. The van der Waals surface area contributed by atoms with Crippen molar-refractivity contribution in [1.82, 2.24) is 4.90 Å². The van der Waals surface area contributed by atoms with Gasteiger partial charge in [0, 0.05) is 10.1 Å². The number of amides is 1. The number of carbonyl (C=O) groups is 2. The van der Waals surface area contributed by atoms with E-state index in [0.29, 0.717) is 17.7 Å². The summed E-state index contributed by atoms with van der Waals surface area (Å²) in [5.74, 6) is -1.28. The molecule has 124 valence electrons. The van der Waals surface area contributed by atoms with Gasteiger partial charge in [0.15, 0.2) is 6.04 Å². The molecule has 1 aliphatic heterocycles. The van der Waals surface area contributed by atoms with Gasteiger partial charge in [-0.1, -0.05) is 18.2 Å². The zero-order valence-electron chi connectivity index (χ0n) is 13.2. The smallest absolute Gasteiger partial charge is 0.333 e. The minimum atomic E-state index is -0.971. The number of methoxy groups -OCH3 is 1. The third-order valence-corrected chi connectivity index (χ3v) is 5.09. The van der Waals surface area contributed by atoms with Gasteiger partial charge in [-0.25, -0.2) is 9.18 Å². The van der Waals surface area contributed by atoms with Crippen LogP contribution in [0.3, 0.4) is 0 Å². The molecule has 2 aromatic carbocycles. The highest BCUT2D eigenvalue weighted by Crippen LogP contribution is 2.35. The summed E-state index contributed by atoms with van der Waals surface area (Å²) in [5.41, 5.74) is 2.62. The first-order chi connectivity index (χ1) is 11.4. The second kappa shape index (κ2) is 6.51. The Hall–Kier alpha value is -1.96. The van der Waals surface area contributed by atoms with Gasteiger partial charge in [0.25, 0.3) is 5.91 Å². The Bertz CT molecular complexity index is 837. The maximum absolute atomic E-state index is 13.7. The number of ether oxygens (including phenoxy) is 1. The maximum atomic E-state index is 13.7. The number of rotatable bonds is 3. The van der Waals surface area contributed by atoms with Crippen molar-refractivity contribution >= 4 is 34.5 Å². The molecular weight excluding hydrogens is 424 g/mol. The molecule has 0 saturated carbocycles. The molecule has 1 aliphatic rings. The summed E-state index contributed by atoms with van der Waals surface area (Å²) >= 11 is 2.10. The second-order valence-corrected chi connectivity index (χ2v) is 6.80. The molecule has 0 spiro atoms. The number of hydrogen-bond acceptors (Lipinski definition) is 3. The lowest BCUT2D eigenvalue weighted by atomic mass is 9.99. The van der Waals surface area contributed by atoms with Gasteiger partial charge >= 0.3 is 5.97 Å². The van der Waals surface area contributed by atoms with E-state index in [2.05, 4.69) is 22.6 Å². The number of aryl methyl sites for hydroxylation is 1. The Morgan fingerprint density at radius 2 is 2.08 bits per heavy atom. The predicted octanol–water partition coefficient (Wildman–Crippen LogP) is 3.61. The zero-order chi connectivity index (χ0) is 17.4. The highest BCUT2D eigenvalue weighted by Gasteiger charge is 2.39. The Labute approximate surface area is 152 Å². The molecule has 1 amide bonds. The summed E-state index contributed by atoms with van der Waals surface area (Å²) in [4.78, 5) is 26.7. The minimum Gasteiger partial charge on any atom is -0.467 e. The van der Waals surface area contributed by atoms with Crippen LogP contribution in [0.5, 0.6) is 0 Å². The van der Waals surface area contributed by atoms with E-state index >= 15 is 0 Å². The van der Waals surface area contributed by atoms with Crippen LogP contribution >= 0.6 is 22.6 Å². The molecule has 0 N–H and O–H groups in total. The SMILES string of the molecule is COC(=O)C(c1cc(F)ccc1C)N1Cc2cccc(I)c2C1=O. The molecule has 4 nitrogen and oxygen atoms in total. The molecular formula is C18H15FINO3. The predicted molar refractivity (Wildman–Crippen MR) is 94.9 cm³/mol.